The summed E-state index contributed by atoms with van der Waals surface area (Å²) in [7, 11) is 0. The van der Waals surface area contributed by atoms with Crippen LogP contribution in [0.2, 0.25) is 5.02 Å². The monoisotopic (exact) mass is 189 g/mol. The molecule has 1 aromatic heterocycles. The number of aromatic nitrogens is 1. The number of hydrogen-bond donors (Lipinski definition) is 0. The third-order valence-electron chi connectivity index (χ3n) is 1.86. The Morgan fingerprint density at radius 3 is 1.92 bits per heavy atom. The number of pyridine rings is 1. The van der Waals surface area contributed by atoms with Gasteiger partial charge in [-0.1, -0.05) is 23.7 Å². The Balaban J connectivity index is 2.42. The van der Waals surface area contributed by atoms with Crippen molar-refractivity contribution in [1.29, 1.82) is 0 Å². The van der Waals surface area contributed by atoms with Gasteiger partial charge < -0.3 is 0 Å². The fourth-order valence-electron chi connectivity index (χ4n) is 1.19. The number of rotatable bonds is 1. The van der Waals surface area contributed by atoms with Crippen molar-refractivity contribution in [1.82, 2.24) is 4.98 Å². The molecule has 0 saturated carbocycles. The van der Waals surface area contributed by atoms with E-state index in [9.17, 15) is 0 Å². The largest absolute Gasteiger partial charge is 0.265 e. The summed E-state index contributed by atoms with van der Waals surface area (Å²) in [5.41, 5.74) is 2.32. The van der Waals surface area contributed by atoms with E-state index in [1.54, 1.807) is 12.4 Å². The maximum Gasteiger partial charge on any atom is 0.0406 e. The Kier molecular flexibility index (Phi) is 2.28. The predicted molar refractivity (Wildman–Crippen MR) is 54.7 cm³/mol. The first-order valence-electron chi connectivity index (χ1n) is 4.02. The van der Waals surface area contributed by atoms with Crippen LogP contribution in [-0.4, -0.2) is 4.98 Å². The molecule has 0 aliphatic heterocycles. The molecule has 0 aliphatic rings. The molecule has 1 heterocycles. The summed E-state index contributed by atoms with van der Waals surface area (Å²) < 4.78 is 0. The topological polar surface area (TPSA) is 12.9 Å². The van der Waals surface area contributed by atoms with Crippen LogP contribution < -0.4 is 0 Å². The molecule has 0 spiro atoms. The van der Waals surface area contributed by atoms with Gasteiger partial charge in [0.1, 0.15) is 0 Å². The van der Waals surface area contributed by atoms with Crippen LogP contribution in [-0.2, 0) is 0 Å². The van der Waals surface area contributed by atoms with E-state index in [4.69, 9.17) is 11.6 Å². The van der Waals surface area contributed by atoms with E-state index in [0.717, 1.165) is 16.1 Å². The minimum atomic E-state index is 0.762. The first-order valence-corrected chi connectivity index (χ1v) is 4.40. The Bertz CT molecular complexity index is 381. The van der Waals surface area contributed by atoms with Crippen molar-refractivity contribution >= 4 is 11.6 Å². The lowest BCUT2D eigenvalue weighted by atomic mass is 10.1. The lowest BCUT2D eigenvalue weighted by molar-refractivity contribution is 1.33. The van der Waals surface area contributed by atoms with Gasteiger partial charge in [0.25, 0.3) is 0 Å². The van der Waals surface area contributed by atoms with Gasteiger partial charge in [0, 0.05) is 17.4 Å². The summed E-state index contributed by atoms with van der Waals surface area (Å²) in [6, 6.07) is 11.7. The van der Waals surface area contributed by atoms with Crippen molar-refractivity contribution < 1.29 is 0 Å². The van der Waals surface area contributed by atoms with Crippen molar-refractivity contribution in [3.8, 4) is 11.1 Å². The van der Waals surface area contributed by atoms with Gasteiger partial charge in [-0.3, -0.25) is 4.98 Å². The van der Waals surface area contributed by atoms with Gasteiger partial charge in [0.15, 0.2) is 0 Å². The van der Waals surface area contributed by atoms with Crippen LogP contribution in [0.4, 0.5) is 0 Å². The zero-order chi connectivity index (χ0) is 9.10. The molecule has 1 aromatic carbocycles. The van der Waals surface area contributed by atoms with Crippen LogP contribution in [0.25, 0.3) is 11.1 Å². The zero-order valence-electron chi connectivity index (χ0n) is 6.94. The Hall–Kier alpha value is -1.34. The summed E-state index contributed by atoms with van der Waals surface area (Å²) in [6.07, 6.45) is 3.56. The highest BCUT2D eigenvalue weighted by atomic mass is 35.5. The summed E-state index contributed by atoms with van der Waals surface area (Å²) in [4.78, 5) is 3.96. The molecule has 2 rings (SSSR count). The van der Waals surface area contributed by atoms with Crippen LogP contribution in [0.1, 0.15) is 0 Å². The molecule has 0 radical (unpaired) electrons. The third-order valence-corrected chi connectivity index (χ3v) is 2.11. The van der Waals surface area contributed by atoms with Crippen molar-refractivity contribution in [2.45, 2.75) is 0 Å². The van der Waals surface area contributed by atoms with Gasteiger partial charge in [-0.15, -0.1) is 0 Å². The van der Waals surface area contributed by atoms with E-state index >= 15 is 0 Å². The van der Waals surface area contributed by atoms with Crippen LogP contribution in [0.3, 0.4) is 0 Å². The van der Waals surface area contributed by atoms with Crippen molar-refractivity contribution in [3.05, 3.63) is 53.8 Å². The van der Waals surface area contributed by atoms with Gasteiger partial charge in [0.2, 0.25) is 0 Å². The summed E-state index contributed by atoms with van der Waals surface area (Å²) in [5.74, 6) is 0. The Morgan fingerprint density at radius 2 is 1.31 bits per heavy atom. The van der Waals surface area contributed by atoms with E-state index < -0.39 is 0 Å². The molecule has 13 heavy (non-hydrogen) atoms. The van der Waals surface area contributed by atoms with Gasteiger partial charge in [-0.25, -0.2) is 0 Å². The standard InChI is InChI=1S/C11H8ClN/c12-11-3-1-9(2-4-11)10-5-7-13-8-6-10/h1-8H. The van der Waals surface area contributed by atoms with E-state index in [0.29, 0.717) is 0 Å². The van der Waals surface area contributed by atoms with E-state index in [1.165, 1.54) is 0 Å². The molecule has 0 unspecified atom stereocenters. The molecule has 0 atom stereocenters. The summed E-state index contributed by atoms with van der Waals surface area (Å²) in [5, 5.41) is 0.762. The molecule has 0 fully saturated rings. The SMILES string of the molecule is Clc1ccc(-c2ccncc2)cc1. The number of halogens is 1. The van der Waals surface area contributed by atoms with Gasteiger partial charge in [-0.2, -0.15) is 0 Å². The molecule has 0 bridgehead atoms. The van der Waals surface area contributed by atoms with Gasteiger partial charge in [-0.05, 0) is 35.4 Å². The normalized spacial score (nSPS) is 9.92. The molecule has 0 amide bonds. The lowest BCUT2D eigenvalue weighted by Crippen LogP contribution is -1.76. The van der Waals surface area contributed by atoms with Crippen LogP contribution in [0.5, 0.6) is 0 Å². The highest BCUT2D eigenvalue weighted by Gasteiger charge is 1.94. The maximum absolute atomic E-state index is 5.79. The molecule has 1 nitrogen and oxygen atoms in total. The minimum Gasteiger partial charge on any atom is -0.265 e. The Labute approximate surface area is 82.0 Å². The Morgan fingerprint density at radius 1 is 0.769 bits per heavy atom. The molecule has 2 heteroatoms. The molecule has 2 aromatic rings. The second-order valence-corrected chi connectivity index (χ2v) is 3.18. The highest BCUT2D eigenvalue weighted by molar-refractivity contribution is 6.30. The third kappa shape index (κ3) is 1.87. The van der Waals surface area contributed by atoms with Crippen molar-refractivity contribution in [3.63, 3.8) is 0 Å². The average molecular weight is 190 g/mol. The van der Waals surface area contributed by atoms with Crippen LogP contribution >= 0.6 is 11.6 Å². The van der Waals surface area contributed by atoms with Gasteiger partial charge >= 0.3 is 0 Å². The van der Waals surface area contributed by atoms with E-state index in [-0.39, 0.29) is 0 Å². The second kappa shape index (κ2) is 3.58. The lowest BCUT2D eigenvalue weighted by Gasteiger charge is -1.99. The second-order valence-electron chi connectivity index (χ2n) is 2.74. The van der Waals surface area contributed by atoms with Crippen LogP contribution in [0, 0.1) is 0 Å². The minimum absolute atomic E-state index is 0.762. The van der Waals surface area contributed by atoms with E-state index in [1.807, 2.05) is 36.4 Å². The smallest absolute Gasteiger partial charge is 0.0406 e. The predicted octanol–water partition coefficient (Wildman–Crippen LogP) is 3.40. The first-order chi connectivity index (χ1) is 6.36. The number of hydrogen-bond acceptors (Lipinski definition) is 1. The maximum atomic E-state index is 5.79. The summed E-state index contributed by atoms with van der Waals surface area (Å²) in [6.45, 7) is 0. The number of nitrogens with zero attached hydrogens (tertiary/aromatic N) is 1. The molecular weight excluding hydrogens is 182 g/mol. The average Bonchev–Trinajstić information content (AvgIpc) is 2.20. The quantitative estimate of drug-likeness (QED) is 0.670. The fraction of sp³-hybridized carbons (Fsp3) is 0. The molecule has 64 valence electrons. The van der Waals surface area contributed by atoms with E-state index in [2.05, 4.69) is 4.98 Å². The van der Waals surface area contributed by atoms with Crippen molar-refractivity contribution in [2.24, 2.45) is 0 Å². The summed E-state index contributed by atoms with van der Waals surface area (Å²) >= 11 is 5.79. The zero-order valence-corrected chi connectivity index (χ0v) is 7.70. The van der Waals surface area contributed by atoms with Crippen molar-refractivity contribution in [2.75, 3.05) is 0 Å². The molecule has 0 saturated heterocycles. The first kappa shape index (κ1) is 8.27. The van der Waals surface area contributed by atoms with Gasteiger partial charge in [0.05, 0.1) is 0 Å². The highest BCUT2D eigenvalue weighted by Crippen LogP contribution is 2.20. The fourth-order valence-corrected chi connectivity index (χ4v) is 1.31. The molecule has 0 N–H and O–H groups in total. The molecular formula is C11H8ClN. The molecule has 0 aliphatic carbocycles. The number of benzene rings is 1. The van der Waals surface area contributed by atoms with Crippen LogP contribution in [0.15, 0.2) is 48.8 Å².